The van der Waals surface area contributed by atoms with Crippen LogP contribution < -0.4 is 0 Å². The number of aryl methyl sites for hydroxylation is 1. The van der Waals surface area contributed by atoms with Crippen LogP contribution in [0.25, 0.3) is 38.4 Å². The number of aromatic nitrogens is 1. The lowest BCUT2D eigenvalue weighted by Crippen LogP contribution is -2.32. The van der Waals surface area contributed by atoms with Gasteiger partial charge in [0.25, 0.3) is 0 Å². The largest absolute Gasteiger partial charge is 0.456 e. The summed E-state index contributed by atoms with van der Waals surface area (Å²) in [6, 6.07) is 22.2. The van der Waals surface area contributed by atoms with Crippen LogP contribution in [-0.2, 0) is 13.5 Å². The van der Waals surface area contributed by atoms with Gasteiger partial charge in [-0.2, -0.15) is 0 Å². The molecule has 2 aromatic heterocycles. The minimum absolute atomic E-state index is 0.746. The molecule has 0 amide bonds. The first-order valence-corrected chi connectivity index (χ1v) is 11.6. The number of nitrogens with zero attached hydrogens (tertiary/aromatic N) is 1. The van der Waals surface area contributed by atoms with Crippen molar-refractivity contribution in [1.29, 1.82) is 0 Å². The third-order valence-corrected chi connectivity index (χ3v) is 8.37. The molecule has 150 valence electrons. The molecule has 0 radical (unpaired) electrons. The summed E-state index contributed by atoms with van der Waals surface area (Å²) in [6.07, 6.45) is 5.05. The van der Waals surface area contributed by atoms with Gasteiger partial charge in [-0.1, -0.05) is 48.0 Å². The SMILES string of the molecule is Cn1c2c(c3ccc4oc5ccccc5c4c31)C1=C(CC2)C2CCC2c2ccccc21. The standard InChI is InChI=1S/C29H23NO/c1-30-23-14-12-20-18-11-10-17(18)16-6-2-3-7-19(16)26(20)27(23)22-13-15-25-28(29(22)30)21-8-4-5-9-24(21)31-25/h2-9,13,15,17-18H,10-12,14H2,1H3. The molecule has 3 aliphatic rings. The van der Waals surface area contributed by atoms with Crippen molar-refractivity contribution in [3.8, 4) is 0 Å². The van der Waals surface area contributed by atoms with Crippen LogP contribution in [0.5, 0.6) is 0 Å². The first-order valence-electron chi connectivity index (χ1n) is 11.6. The first kappa shape index (κ1) is 16.4. The Morgan fingerprint density at radius 1 is 0.806 bits per heavy atom. The molecule has 0 saturated heterocycles. The van der Waals surface area contributed by atoms with Crippen LogP contribution in [-0.4, -0.2) is 4.57 Å². The lowest BCUT2D eigenvalue weighted by molar-refractivity contribution is 0.288. The van der Waals surface area contributed by atoms with Crippen LogP contribution in [0.4, 0.5) is 0 Å². The summed E-state index contributed by atoms with van der Waals surface area (Å²) in [5.41, 5.74) is 12.6. The van der Waals surface area contributed by atoms with Gasteiger partial charge in [0.1, 0.15) is 11.2 Å². The maximum absolute atomic E-state index is 6.23. The van der Waals surface area contributed by atoms with Crippen LogP contribution in [0.3, 0.4) is 0 Å². The molecule has 3 aromatic carbocycles. The molecule has 2 atom stereocenters. The molecule has 0 N–H and O–H groups in total. The van der Waals surface area contributed by atoms with E-state index >= 15 is 0 Å². The van der Waals surface area contributed by atoms with E-state index in [2.05, 4.69) is 72.3 Å². The van der Waals surface area contributed by atoms with E-state index in [0.717, 1.165) is 29.4 Å². The fourth-order valence-corrected chi connectivity index (χ4v) is 6.93. The van der Waals surface area contributed by atoms with E-state index in [1.165, 1.54) is 57.8 Å². The predicted molar refractivity (Wildman–Crippen MR) is 126 cm³/mol. The zero-order valence-corrected chi connectivity index (χ0v) is 17.6. The highest BCUT2D eigenvalue weighted by Gasteiger charge is 2.43. The van der Waals surface area contributed by atoms with Crippen LogP contribution in [0.2, 0.25) is 0 Å². The van der Waals surface area contributed by atoms with E-state index in [1.807, 2.05) is 0 Å². The van der Waals surface area contributed by atoms with E-state index in [0.29, 0.717) is 0 Å². The monoisotopic (exact) mass is 401 g/mol. The molecule has 0 spiro atoms. The maximum atomic E-state index is 6.23. The molecule has 0 aliphatic heterocycles. The molecule has 1 saturated carbocycles. The third-order valence-electron chi connectivity index (χ3n) is 8.37. The van der Waals surface area contributed by atoms with Gasteiger partial charge in [0, 0.05) is 29.1 Å². The molecule has 5 aromatic rings. The Kier molecular flexibility index (Phi) is 2.92. The van der Waals surface area contributed by atoms with Crippen LogP contribution in [0.1, 0.15) is 47.6 Å². The van der Waals surface area contributed by atoms with Gasteiger partial charge < -0.3 is 8.98 Å². The van der Waals surface area contributed by atoms with Crippen molar-refractivity contribution in [2.75, 3.05) is 0 Å². The van der Waals surface area contributed by atoms with Crippen LogP contribution >= 0.6 is 0 Å². The number of furan rings is 1. The molecule has 31 heavy (non-hydrogen) atoms. The normalized spacial score (nSPS) is 21.7. The lowest BCUT2D eigenvalue weighted by atomic mass is 9.58. The molecule has 2 nitrogen and oxygen atoms in total. The van der Waals surface area contributed by atoms with Gasteiger partial charge in [0.15, 0.2) is 0 Å². The number of hydrogen-bond acceptors (Lipinski definition) is 1. The highest BCUT2D eigenvalue weighted by Crippen LogP contribution is 2.58. The number of fused-ring (bicyclic) bond motifs is 13. The highest BCUT2D eigenvalue weighted by atomic mass is 16.3. The zero-order chi connectivity index (χ0) is 20.3. The summed E-state index contributed by atoms with van der Waals surface area (Å²) in [7, 11) is 2.26. The van der Waals surface area contributed by atoms with Crippen molar-refractivity contribution in [3.05, 3.63) is 88.6 Å². The fourth-order valence-electron chi connectivity index (χ4n) is 6.93. The van der Waals surface area contributed by atoms with Gasteiger partial charge in [-0.15, -0.1) is 0 Å². The Labute approximate surface area is 180 Å². The topological polar surface area (TPSA) is 18.1 Å². The Balaban J connectivity index is 1.53. The predicted octanol–water partition coefficient (Wildman–Crippen LogP) is 7.33. The van der Waals surface area contributed by atoms with Crippen molar-refractivity contribution >= 4 is 38.4 Å². The third kappa shape index (κ3) is 1.86. The Hall–Kier alpha value is -3.26. The van der Waals surface area contributed by atoms with Gasteiger partial charge in [0.05, 0.1) is 10.9 Å². The Morgan fingerprint density at radius 3 is 2.55 bits per heavy atom. The average Bonchev–Trinajstić information content (AvgIpc) is 3.29. The number of hydrogen-bond donors (Lipinski definition) is 0. The van der Waals surface area contributed by atoms with Crippen molar-refractivity contribution in [3.63, 3.8) is 0 Å². The van der Waals surface area contributed by atoms with E-state index in [9.17, 15) is 0 Å². The van der Waals surface area contributed by atoms with E-state index < -0.39 is 0 Å². The summed E-state index contributed by atoms with van der Waals surface area (Å²) < 4.78 is 8.69. The summed E-state index contributed by atoms with van der Waals surface area (Å²) in [6.45, 7) is 0. The highest BCUT2D eigenvalue weighted by molar-refractivity contribution is 6.20. The molecule has 2 unspecified atom stereocenters. The van der Waals surface area contributed by atoms with Gasteiger partial charge in [0.2, 0.25) is 0 Å². The molecular weight excluding hydrogens is 378 g/mol. The maximum Gasteiger partial charge on any atom is 0.137 e. The second-order valence-electron chi connectivity index (χ2n) is 9.59. The van der Waals surface area contributed by atoms with Gasteiger partial charge in [-0.3, -0.25) is 0 Å². The van der Waals surface area contributed by atoms with Gasteiger partial charge >= 0.3 is 0 Å². The number of benzene rings is 3. The second kappa shape index (κ2) is 5.50. The average molecular weight is 402 g/mol. The Morgan fingerprint density at radius 2 is 1.65 bits per heavy atom. The number of para-hydroxylation sites is 1. The molecular formula is C29H23NO. The van der Waals surface area contributed by atoms with E-state index in [1.54, 1.807) is 16.7 Å². The van der Waals surface area contributed by atoms with Crippen molar-refractivity contribution in [2.45, 2.75) is 31.6 Å². The smallest absolute Gasteiger partial charge is 0.137 e. The summed E-state index contributed by atoms with van der Waals surface area (Å²) in [5, 5.41) is 3.87. The zero-order valence-electron chi connectivity index (χ0n) is 17.6. The molecule has 3 aliphatic carbocycles. The van der Waals surface area contributed by atoms with Crippen LogP contribution in [0, 0.1) is 5.92 Å². The van der Waals surface area contributed by atoms with E-state index in [4.69, 9.17) is 4.42 Å². The summed E-state index contributed by atoms with van der Waals surface area (Å²) in [4.78, 5) is 0. The second-order valence-corrected chi connectivity index (χ2v) is 9.59. The van der Waals surface area contributed by atoms with Crippen molar-refractivity contribution in [2.24, 2.45) is 13.0 Å². The molecule has 2 heterocycles. The van der Waals surface area contributed by atoms with Crippen molar-refractivity contribution < 1.29 is 4.42 Å². The molecule has 8 rings (SSSR count). The molecule has 2 heteroatoms. The van der Waals surface area contributed by atoms with E-state index in [-0.39, 0.29) is 0 Å². The number of rotatable bonds is 0. The number of allylic oxidation sites excluding steroid dienone is 1. The van der Waals surface area contributed by atoms with Crippen molar-refractivity contribution in [1.82, 2.24) is 4.57 Å². The first-order chi connectivity index (χ1) is 15.3. The minimum atomic E-state index is 0.746. The Bertz CT molecular complexity index is 1610. The molecule has 0 bridgehead atoms. The summed E-state index contributed by atoms with van der Waals surface area (Å²) >= 11 is 0. The fraction of sp³-hybridized carbons (Fsp3) is 0.241. The summed E-state index contributed by atoms with van der Waals surface area (Å²) in [5.74, 6) is 1.50. The minimum Gasteiger partial charge on any atom is -0.456 e. The lowest BCUT2D eigenvalue weighted by Gasteiger charge is -2.46. The van der Waals surface area contributed by atoms with Gasteiger partial charge in [-0.05, 0) is 72.4 Å². The van der Waals surface area contributed by atoms with Crippen LogP contribution in [0.15, 0.2) is 70.7 Å². The quantitative estimate of drug-likeness (QED) is 0.266. The van der Waals surface area contributed by atoms with Gasteiger partial charge in [-0.25, -0.2) is 0 Å². The molecule has 1 fully saturated rings.